The quantitative estimate of drug-likeness (QED) is 0.515. The number of aliphatic imine (C=N–C) groups is 1. The van der Waals surface area contributed by atoms with Gasteiger partial charge in [-0.2, -0.15) is 0 Å². The van der Waals surface area contributed by atoms with Gasteiger partial charge in [-0.25, -0.2) is 14.0 Å². The molecular weight excluding hydrogens is 515 g/mol. The summed E-state index contributed by atoms with van der Waals surface area (Å²) in [6.07, 6.45) is 1.98. The zero-order valence-electron chi connectivity index (χ0n) is 21.0. The maximum absolute atomic E-state index is 14.5. The number of aliphatic carboxylic acids is 2. The fourth-order valence-electron chi connectivity index (χ4n) is 4.18. The number of piperazine rings is 1. The molecule has 2 aliphatic heterocycles. The normalized spacial score (nSPS) is 16.3. The maximum Gasteiger partial charge on any atom is 0.328 e. The van der Waals surface area contributed by atoms with Crippen LogP contribution >= 0.6 is 11.6 Å². The Balaban J connectivity index is 0.000000436. The third-order valence-electron chi connectivity index (χ3n) is 6.13. The van der Waals surface area contributed by atoms with E-state index < -0.39 is 11.9 Å². The first-order chi connectivity index (χ1) is 18.2. The van der Waals surface area contributed by atoms with Crippen molar-refractivity contribution in [3.8, 4) is 0 Å². The lowest BCUT2D eigenvalue weighted by Gasteiger charge is -2.33. The Morgan fingerprint density at radius 2 is 1.66 bits per heavy atom. The number of carboxylic acids is 2. The molecule has 38 heavy (non-hydrogen) atoms. The largest absolute Gasteiger partial charge is 0.478 e. The van der Waals surface area contributed by atoms with E-state index in [1.807, 2.05) is 6.07 Å². The van der Waals surface area contributed by atoms with Crippen molar-refractivity contribution < 1.29 is 29.0 Å². The first-order valence-corrected chi connectivity index (χ1v) is 12.5. The van der Waals surface area contributed by atoms with E-state index in [2.05, 4.69) is 21.8 Å². The highest BCUT2D eigenvalue weighted by Crippen LogP contribution is 2.30. The molecule has 2 aromatic carbocycles. The van der Waals surface area contributed by atoms with Gasteiger partial charge in [-0.3, -0.25) is 9.79 Å². The van der Waals surface area contributed by atoms with Crippen LogP contribution in [0.15, 0.2) is 59.6 Å². The van der Waals surface area contributed by atoms with Crippen LogP contribution in [0, 0.1) is 5.82 Å². The monoisotopic (exact) mass is 544 g/mol. The molecule has 2 N–H and O–H groups in total. The second kappa shape index (κ2) is 13.8. The molecule has 0 atom stereocenters. The van der Waals surface area contributed by atoms with Crippen LogP contribution in [0.2, 0.25) is 5.02 Å². The van der Waals surface area contributed by atoms with Crippen LogP contribution < -0.4 is 4.90 Å². The average Bonchev–Trinajstić information content (AvgIpc) is 3.01. The molecule has 0 spiro atoms. The topological polar surface area (TPSA) is 114 Å². The van der Waals surface area contributed by atoms with Crippen molar-refractivity contribution in [3.63, 3.8) is 0 Å². The van der Waals surface area contributed by atoms with E-state index in [1.165, 1.54) is 6.07 Å². The molecule has 0 bridgehead atoms. The number of amides is 1. The molecule has 1 amide bonds. The molecule has 0 radical (unpaired) electrons. The Labute approximate surface area is 225 Å². The van der Waals surface area contributed by atoms with E-state index in [-0.39, 0.29) is 18.3 Å². The summed E-state index contributed by atoms with van der Waals surface area (Å²) in [5, 5.41) is 16.2. The van der Waals surface area contributed by atoms with Crippen molar-refractivity contribution in [2.75, 3.05) is 57.8 Å². The highest BCUT2D eigenvalue weighted by atomic mass is 35.5. The summed E-state index contributed by atoms with van der Waals surface area (Å²) in [4.78, 5) is 43.1. The number of benzene rings is 2. The number of rotatable bonds is 7. The third-order valence-corrected chi connectivity index (χ3v) is 6.36. The summed E-state index contributed by atoms with van der Waals surface area (Å²) >= 11 is 6.26. The number of carbonyl (C=O) groups is 3. The van der Waals surface area contributed by atoms with E-state index in [0.717, 1.165) is 44.8 Å². The van der Waals surface area contributed by atoms with Crippen molar-refractivity contribution in [2.24, 2.45) is 4.99 Å². The van der Waals surface area contributed by atoms with Gasteiger partial charge in [-0.15, -0.1) is 0 Å². The molecule has 9 nitrogen and oxygen atoms in total. The van der Waals surface area contributed by atoms with E-state index in [0.29, 0.717) is 40.6 Å². The summed E-state index contributed by atoms with van der Waals surface area (Å²) in [6.45, 7) is 5.79. The van der Waals surface area contributed by atoms with Crippen LogP contribution in [0.5, 0.6) is 0 Å². The Bertz CT molecular complexity index is 1210. The number of nitrogens with zero attached hydrogens (tertiary/aromatic N) is 4. The zero-order valence-corrected chi connectivity index (χ0v) is 21.8. The van der Waals surface area contributed by atoms with Crippen molar-refractivity contribution in [1.82, 2.24) is 9.80 Å². The lowest BCUT2D eigenvalue weighted by atomic mass is 9.99. The molecule has 202 valence electrons. The molecule has 11 heteroatoms. The number of benzodiazepines with no additional fused rings is 1. The van der Waals surface area contributed by atoms with E-state index >= 15 is 0 Å². The van der Waals surface area contributed by atoms with Gasteiger partial charge in [0, 0.05) is 61.0 Å². The summed E-state index contributed by atoms with van der Waals surface area (Å²) in [5.74, 6) is -2.96. The first-order valence-electron chi connectivity index (χ1n) is 12.1. The number of hydrogen-bond donors (Lipinski definition) is 2. The highest BCUT2D eigenvalue weighted by Gasteiger charge is 2.26. The minimum absolute atomic E-state index is 0.00945. The Hall–Kier alpha value is -3.60. The Kier molecular flexibility index (Phi) is 10.5. The molecule has 1 fully saturated rings. The van der Waals surface area contributed by atoms with Gasteiger partial charge in [0.2, 0.25) is 5.91 Å². The maximum atomic E-state index is 14.5. The molecule has 0 aromatic heterocycles. The van der Waals surface area contributed by atoms with Gasteiger partial charge in [0.25, 0.3) is 0 Å². The van der Waals surface area contributed by atoms with E-state index in [1.54, 1.807) is 35.2 Å². The number of halogens is 2. The van der Waals surface area contributed by atoms with Crippen LogP contribution in [-0.4, -0.2) is 96.4 Å². The minimum atomic E-state index is -1.26. The molecule has 0 saturated carbocycles. The van der Waals surface area contributed by atoms with Crippen molar-refractivity contribution in [3.05, 3.63) is 76.6 Å². The van der Waals surface area contributed by atoms with Gasteiger partial charge in [0.05, 0.1) is 11.4 Å². The van der Waals surface area contributed by atoms with Gasteiger partial charge in [-0.05, 0) is 50.3 Å². The molecule has 2 aromatic rings. The minimum Gasteiger partial charge on any atom is -0.478 e. The fraction of sp³-hybridized carbons (Fsp3) is 0.333. The van der Waals surface area contributed by atoms with E-state index in [9.17, 15) is 18.8 Å². The Morgan fingerprint density at radius 3 is 2.29 bits per heavy atom. The van der Waals surface area contributed by atoms with E-state index in [4.69, 9.17) is 21.8 Å². The average molecular weight is 545 g/mol. The Morgan fingerprint density at radius 1 is 1.00 bits per heavy atom. The molecule has 1 saturated heterocycles. The van der Waals surface area contributed by atoms with Crippen LogP contribution in [0.25, 0.3) is 0 Å². The fourth-order valence-corrected chi connectivity index (χ4v) is 4.35. The molecule has 4 rings (SSSR count). The number of hydrogen-bond acceptors (Lipinski definition) is 6. The molecule has 0 unspecified atom stereocenters. The summed E-state index contributed by atoms with van der Waals surface area (Å²) in [7, 11) is 2.14. The molecule has 2 heterocycles. The van der Waals surface area contributed by atoms with Gasteiger partial charge < -0.3 is 24.9 Å². The highest BCUT2D eigenvalue weighted by molar-refractivity contribution is 6.32. The van der Waals surface area contributed by atoms with Crippen LogP contribution in [0.3, 0.4) is 0 Å². The second-order valence-corrected chi connectivity index (χ2v) is 9.30. The number of carboxylic acid groups (broad SMARTS) is 2. The predicted molar refractivity (Wildman–Crippen MR) is 144 cm³/mol. The van der Waals surface area contributed by atoms with Crippen LogP contribution in [0.4, 0.5) is 10.1 Å². The van der Waals surface area contributed by atoms with Gasteiger partial charge in [0.15, 0.2) is 0 Å². The molecule has 0 aliphatic carbocycles. The molecular formula is C27H30ClFN4O5. The summed E-state index contributed by atoms with van der Waals surface area (Å²) in [6, 6.07) is 11.9. The predicted octanol–water partition coefficient (Wildman–Crippen LogP) is 3.01. The van der Waals surface area contributed by atoms with Crippen molar-refractivity contribution in [2.45, 2.75) is 6.42 Å². The smallest absolute Gasteiger partial charge is 0.328 e. The lowest BCUT2D eigenvalue weighted by molar-refractivity contribution is -0.134. The molecule has 2 aliphatic rings. The number of likely N-dealkylation sites (N-methyl/N-ethyl adjacent to an activating group) is 1. The van der Waals surface area contributed by atoms with Gasteiger partial charge in [-0.1, -0.05) is 23.7 Å². The number of fused-ring (bicyclic) bond motifs is 1. The standard InChI is InChI=1S/C23H26ClFN4O.C4H4O4/c1-27-11-13-28(14-12-27)9-4-10-29-21-8-7-17(24)15-19(21)23(26-16-22(29)30)18-5-2-3-6-20(18)25;5-3(6)1-2-4(7)8/h2-3,5-8,15H,4,9-14,16H2,1H3;1-2H,(H,5,6)(H,7,8)/b;2-1-. The number of anilines is 1. The van der Waals surface area contributed by atoms with Crippen LogP contribution in [0.1, 0.15) is 17.5 Å². The third kappa shape index (κ3) is 8.20. The lowest BCUT2D eigenvalue weighted by Crippen LogP contribution is -2.45. The van der Waals surface area contributed by atoms with Crippen molar-refractivity contribution >= 4 is 40.8 Å². The number of carbonyl (C=O) groups excluding carboxylic acids is 1. The summed E-state index contributed by atoms with van der Waals surface area (Å²) in [5.41, 5.74) is 2.29. The van der Waals surface area contributed by atoms with Gasteiger partial charge in [0.1, 0.15) is 12.4 Å². The SMILES string of the molecule is CN1CCN(CCCN2C(=O)CN=C(c3ccccc3F)c3cc(Cl)ccc32)CC1.O=C(O)/C=C\C(=O)O. The van der Waals surface area contributed by atoms with Crippen LogP contribution in [-0.2, 0) is 14.4 Å². The zero-order chi connectivity index (χ0) is 27.7. The summed E-state index contributed by atoms with van der Waals surface area (Å²) < 4.78 is 14.5. The van der Waals surface area contributed by atoms with Crippen molar-refractivity contribution in [1.29, 1.82) is 0 Å². The second-order valence-electron chi connectivity index (χ2n) is 8.86. The first kappa shape index (κ1) is 29.0. The van der Waals surface area contributed by atoms with Gasteiger partial charge >= 0.3 is 11.9 Å².